The Bertz CT molecular complexity index is 1630. The van der Waals surface area contributed by atoms with Gasteiger partial charge in [0.2, 0.25) is 5.88 Å². The van der Waals surface area contributed by atoms with Crippen molar-refractivity contribution in [1.29, 1.82) is 0 Å². The molecule has 0 bridgehead atoms. The van der Waals surface area contributed by atoms with E-state index in [1.165, 1.54) is 51.1 Å². The number of hydrogen-bond donors (Lipinski definition) is 0. The number of benzene rings is 2. The van der Waals surface area contributed by atoms with Gasteiger partial charge in [0.25, 0.3) is 0 Å². The summed E-state index contributed by atoms with van der Waals surface area (Å²) in [6, 6.07) is 16.3. The van der Waals surface area contributed by atoms with Crippen molar-refractivity contribution in [2.24, 2.45) is 5.92 Å². The number of carboxylic acids is 1. The van der Waals surface area contributed by atoms with Crippen molar-refractivity contribution >= 4 is 78.7 Å². The fourth-order valence-corrected chi connectivity index (χ4v) is 5.49. The number of aromatic nitrogens is 2. The molecule has 1 saturated carbocycles. The number of para-hydroxylation sites is 1. The van der Waals surface area contributed by atoms with Gasteiger partial charge in [-0.3, -0.25) is 14.4 Å². The molecule has 1 aliphatic carbocycles. The maximum atomic E-state index is 11.9. The number of likely N-dealkylation sites (tertiary alicyclic amines) is 1. The third-order valence-corrected chi connectivity index (χ3v) is 8.40. The van der Waals surface area contributed by atoms with Crippen LogP contribution in [0.3, 0.4) is 0 Å². The van der Waals surface area contributed by atoms with Crippen molar-refractivity contribution in [1.82, 2.24) is 9.78 Å². The molecular weight excluding hydrogens is 708 g/mol. The Balaban J connectivity index is 0.000000314. The van der Waals surface area contributed by atoms with Crippen molar-refractivity contribution in [2.45, 2.75) is 52.1 Å². The number of hydrogen-bond acceptors (Lipinski definition) is 10. The van der Waals surface area contributed by atoms with Gasteiger partial charge >= 0.3 is 43.8 Å². The van der Waals surface area contributed by atoms with Crippen LogP contribution in [-0.2, 0) is 30.6 Å². The van der Waals surface area contributed by atoms with Crippen LogP contribution < -0.4 is 20.0 Å². The van der Waals surface area contributed by atoms with Crippen LogP contribution in [0.15, 0.2) is 72.1 Å². The van der Waals surface area contributed by atoms with Crippen LogP contribution in [0.5, 0.6) is 5.88 Å². The summed E-state index contributed by atoms with van der Waals surface area (Å²) in [7, 11) is 7.32. The molecular formula is C36H44CaClN4O9+. The van der Waals surface area contributed by atoms with Crippen LogP contribution in [0.2, 0.25) is 5.02 Å². The number of rotatable bonds is 8. The number of aliphatic carboxylic acids is 1. The first-order chi connectivity index (χ1) is 23.8. The van der Waals surface area contributed by atoms with Gasteiger partial charge in [-0.25, -0.2) is 9.48 Å². The Morgan fingerprint density at radius 3 is 2.08 bits per heavy atom. The molecule has 1 amide bonds. The van der Waals surface area contributed by atoms with E-state index in [-0.39, 0.29) is 69.2 Å². The number of carbonyl (C=O) groups excluding carboxylic acids is 4. The van der Waals surface area contributed by atoms with E-state index in [0.29, 0.717) is 16.6 Å². The van der Waals surface area contributed by atoms with Gasteiger partial charge < -0.3 is 29.0 Å². The molecule has 2 aliphatic rings. The predicted molar refractivity (Wildman–Crippen MR) is 188 cm³/mol. The number of amides is 1. The average molecular weight is 752 g/mol. The summed E-state index contributed by atoms with van der Waals surface area (Å²) < 4.78 is 13.4. The van der Waals surface area contributed by atoms with Crippen LogP contribution in [0.4, 0.5) is 10.5 Å². The first kappa shape index (κ1) is 43.7. The second-order valence-corrected chi connectivity index (χ2v) is 12.7. The van der Waals surface area contributed by atoms with Gasteiger partial charge in [-0.05, 0) is 56.0 Å². The monoisotopic (exact) mass is 751 g/mol. The summed E-state index contributed by atoms with van der Waals surface area (Å²) in [5.74, 6) is -3.92. The predicted octanol–water partition coefficient (Wildman–Crippen LogP) is 3.41. The number of halogens is 1. The molecule has 270 valence electrons. The van der Waals surface area contributed by atoms with Crippen molar-refractivity contribution in [2.75, 3.05) is 46.5 Å². The molecule has 1 aromatic heterocycles. The number of carboxylic acid groups (broad SMARTS) is 1. The van der Waals surface area contributed by atoms with Gasteiger partial charge in [0.05, 0.1) is 52.8 Å². The van der Waals surface area contributed by atoms with Crippen molar-refractivity contribution in [3.63, 3.8) is 0 Å². The quantitative estimate of drug-likeness (QED) is 0.0833. The van der Waals surface area contributed by atoms with Crippen LogP contribution >= 0.6 is 11.6 Å². The van der Waals surface area contributed by atoms with E-state index in [2.05, 4.69) is 19.2 Å². The van der Waals surface area contributed by atoms with Gasteiger partial charge in [0.15, 0.2) is 11.6 Å². The summed E-state index contributed by atoms with van der Waals surface area (Å²) in [5, 5.41) is 27.8. The largest absolute Gasteiger partial charge is 2.00 e. The van der Waals surface area contributed by atoms with Gasteiger partial charge in [0.1, 0.15) is 6.61 Å². The second-order valence-electron chi connectivity index (χ2n) is 12.3. The second kappa shape index (κ2) is 21.2. The van der Waals surface area contributed by atoms with Gasteiger partial charge in [-0.15, -0.1) is 10.9 Å². The zero-order valence-electron chi connectivity index (χ0n) is 29.8. The van der Waals surface area contributed by atoms with E-state index in [1.54, 1.807) is 48.1 Å². The first-order valence-corrected chi connectivity index (χ1v) is 16.6. The number of anilines is 1. The molecule has 1 aliphatic heterocycles. The molecule has 51 heavy (non-hydrogen) atoms. The Labute approximate surface area is 333 Å². The number of carbonyl (C=O) groups is 4. The number of ether oxygens (including phenoxy) is 2. The first-order valence-electron chi connectivity index (χ1n) is 16.2. The molecule has 13 nitrogen and oxygen atoms in total. The maximum Gasteiger partial charge on any atom is 2.00 e. The number of Topliss-reactive ketones (excluding diaryl/α,β-unsaturated/α-hetero) is 2. The molecule has 3 aromatic rings. The van der Waals surface area contributed by atoms with E-state index in [1.807, 2.05) is 24.3 Å². The summed E-state index contributed by atoms with van der Waals surface area (Å²) >= 11 is 5.91. The summed E-state index contributed by atoms with van der Waals surface area (Å²) in [6.45, 7) is 4.52. The summed E-state index contributed by atoms with van der Waals surface area (Å²) in [6.07, 6.45) is 4.95. The number of piperidine rings is 1. The summed E-state index contributed by atoms with van der Waals surface area (Å²) in [5.41, 5.74) is 1.79. The molecule has 0 N–H and O–H groups in total. The Hall–Kier alpha value is -3.46. The molecule has 0 radical (unpaired) electrons. The van der Waals surface area contributed by atoms with Crippen LogP contribution in [0.1, 0.15) is 51.0 Å². The fourth-order valence-electron chi connectivity index (χ4n) is 5.36. The zero-order valence-corrected chi connectivity index (χ0v) is 32.7. The van der Waals surface area contributed by atoms with Crippen molar-refractivity contribution in [3.8, 4) is 11.6 Å². The molecule has 2 aromatic carbocycles. The minimum absolute atomic E-state index is 0. The number of ketones is 2. The Morgan fingerprint density at radius 2 is 1.57 bits per heavy atom. The zero-order chi connectivity index (χ0) is 36.8. The third-order valence-electron chi connectivity index (χ3n) is 8.15. The molecule has 0 spiro atoms. The van der Waals surface area contributed by atoms with Crippen LogP contribution in [0, 0.1) is 5.92 Å². The van der Waals surface area contributed by atoms with Crippen molar-refractivity contribution in [3.05, 3.63) is 82.7 Å². The fraction of sp³-hybridized carbons (Fsp3) is 0.417. The number of nitrogens with zero attached hydrogens (tertiary/aromatic N) is 4. The number of methoxy groups -OCH3 is 1. The minimum Gasteiger partial charge on any atom is -0.875 e. The maximum absolute atomic E-state index is 11.9. The van der Waals surface area contributed by atoms with Crippen LogP contribution in [-0.4, -0.2) is 117 Å². The smallest absolute Gasteiger partial charge is 0.875 e. The Kier molecular flexibility index (Phi) is 18.1. The van der Waals surface area contributed by atoms with Crippen LogP contribution in [0.25, 0.3) is 5.69 Å². The van der Waals surface area contributed by atoms with E-state index in [4.69, 9.17) is 25.9 Å². The average Bonchev–Trinajstić information content (AvgIpc) is 3.57. The van der Waals surface area contributed by atoms with Gasteiger partial charge in [-0.2, -0.15) is 5.06 Å². The molecule has 15 heteroatoms. The molecule has 1 saturated heterocycles. The van der Waals surface area contributed by atoms with E-state index in [0.717, 1.165) is 16.3 Å². The van der Waals surface area contributed by atoms with Crippen molar-refractivity contribution < 1.29 is 48.2 Å². The standard InChI is InChI=1S/C19H18ClN3O4.C10H12O5.C7H16N.Ca/c1-25-19(24)23(26-2)17-6-4-3-5-14(17)13-27-18-11-12-22(21-18)16-9-7-15(20)8-10-16;1-2-6(11)9-7(12)3-5(10(14)15)4-8(9)13;1-8(2)6-4-3-5-7-8;/h3-12H,13H2,1-2H3;5,11H,2-4H2,1H3,(H,14,15);3-7H2,1-2H3;/q;;+1;+2/p-2. The SMILES string of the molecule is CCC([O-])=C1C(=O)CC(C(=O)[O-])CC1=O.COC(=O)N(OC)c1ccccc1COc1ccn(-c2ccc(Cl)cc2)n1.C[N+]1(C)CCCCC1.[Ca+2]. The molecule has 0 unspecified atom stereocenters. The third kappa shape index (κ3) is 13.2. The topological polar surface area (TPSA) is 163 Å². The van der Waals surface area contributed by atoms with Gasteiger partial charge in [-0.1, -0.05) is 36.7 Å². The number of quaternary nitrogens is 1. The Morgan fingerprint density at radius 1 is 0.961 bits per heavy atom. The minimum atomic E-state index is -1.42. The molecule has 2 heterocycles. The molecule has 0 atom stereocenters. The normalized spacial score (nSPS) is 16.3. The molecule has 2 fully saturated rings. The number of hydroxylamine groups is 1. The van der Waals surface area contributed by atoms with E-state index in [9.17, 15) is 29.4 Å². The molecule has 5 rings (SSSR count). The van der Waals surface area contributed by atoms with E-state index < -0.39 is 35.3 Å². The van der Waals surface area contributed by atoms with E-state index >= 15 is 0 Å². The summed E-state index contributed by atoms with van der Waals surface area (Å²) in [4.78, 5) is 50.2. The number of allylic oxidation sites excluding steroid dienone is 2. The van der Waals surface area contributed by atoms with Gasteiger partial charge in [0, 0.05) is 53.2 Å².